The Morgan fingerprint density at radius 3 is 3.00 bits per heavy atom. The van der Waals surface area contributed by atoms with Crippen LogP contribution in [0.4, 0.5) is 0 Å². The van der Waals surface area contributed by atoms with Crippen molar-refractivity contribution in [2.24, 2.45) is 0 Å². The smallest absolute Gasteiger partial charge is 0.249 e. The molecular weight excluding hydrogens is 280 g/mol. The molecule has 1 amide bonds. The molecule has 0 unspecified atom stereocenters. The molecule has 1 aliphatic heterocycles. The second-order valence-corrected chi connectivity index (χ2v) is 6.22. The van der Waals surface area contributed by atoms with E-state index in [0.717, 1.165) is 30.6 Å². The van der Waals surface area contributed by atoms with E-state index < -0.39 is 0 Å². The van der Waals surface area contributed by atoms with Crippen LogP contribution in [0.2, 0.25) is 0 Å². The Balaban J connectivity index is 1.66. The van der Waals surface area contributed by atoms with E-state index in [4.69, 9.17) is 4.74 Å². The third-order valence-electron chi connectivity index (χ3n) is 4.67. The summed E-state index contributed by atoms with van der Waals surface area (Å²) in [4.78, 5) is 14.1. The van der Waals surface area contributed by atoms with Crippen LogP contribution in [0.5, 0.6) is 0 Å². The van der Waals surface area contributed by atoms with Crippen LogP contribution >= 0.6 is 0 Å². The maximum atomic E-state index is 12.2. The van der Waals surface area contributed by atoms with Gasteiger partial charge in [-0.15, -0.1) is 5.10 Å². The van der Waals surface area contributed by atoms with E-state index in [-0.39, 0.29) is 18.6 Å². The van der Waals surface area contributed by atoms with Gasteiger partial charge in [-0.3, -0.25) is 4.79 Å². The first-order chi connectivity index (χ1) is 10.8. The number of likely N-dealkylation sites (tertiary alicyclic amines) is 1. The normalized spacial score (nSPS) is 21.7. The monoisotopic (exact) mass is 300 g/mol. The number of pyridine rings is 1. The van der Waals surface area contributed by atoms with E-state index in [1.165, 1.54) is 18.4 Å². The van der Waals surface area contributed by atoms with Gasteiger partial charge in [0.25, 0.3) is 0 Å². The van der Waals surface area contributed by atoms with E-state index in [1.807, 2.05) is 9.42 Å². The average molecular weight is 300 g/mol. The minimum absolute atomic E-state index is 0.0203. The number of carbonyl (C=O) groups excluding carboxylic acids is 1. The van der Waals surface area contributed by atoms with Crippen LogP contribution in [0, 0.1) is 0 Å². The number of nitrogens with zero attached hydrogens (tertiary/aromatic N) is 4. The zero-order valence-electron chi connectivity index (χ0n) is 12.7. The number of methoxy groups -OCH3 is 1. The van der Waals surface area contributed by atoms with Crippen LogP contribution in [0.25, 0.3) is 5.52 Å². The van der Waals surface area contributed by atoms with Gasteiger partial charge in [0.2, 0.25) is 5.91 Å². The zero-order chi connectivity index (χ0) is 15.1. The van der Waals surface area contributed by atoms with Crippen LogP contribution in [0.15, 0.2) is 18.3 Å². The summed E-state index contributed by atoms with van der Waals surface area (Å²) < 4.78 is 6.85. The van der Waals surface area contributed by atoms with Crippen LogP contribution in [0.1, 0.15) is 48.9 Å². The highest BCUT2D eigenvalue weighted by atomic mass is 16.5. The summed E-state index contributed by atoms with van der Waals surface area (Å²) in [5, 5.41) is 8.64. The number of hydrogen-bond acceptors (Lipinski definition) is 4. The molecule has 1 aliphatic carbocycles. The lowest BCUT2D eigenvalue weighted by Gasteiger charge is -2.23. The summed E-state index contributed by atoms with van der Waals surface area (Å²) in [6.07, 6.45) is 6.57. The number of carbonyl (C=O) groups is 1. The molecule has 2 aromatic heterocycles. The minimum Gasteiger partial charge on any atom is -0.375 e. The van der Waals surface area contributed by atoms with Gasteiger partial charge in [-0.05, 0) is 43.2 Å². The predicted octanol–water partition coefficient (Wildman–Crippen LogP) is 1.92. The maximum absolute atomic E-state index is 12.2. The Kier molecular flexibility index (Phi) is 3.33. The molecule has 1 atom stereocenters. The molecule has 22 heavy (non-hydrogen) atoms. The molecule has 2 fully saturated rings. The molecule has 3 heterocycles. The molecule has 0 aromatic carbocycles. The second kappa shape index (κ2) is 5.35. The van der Waals surface area contributed by atoms with Crippen molar-refractivity contribution >= 4 is 11.4 Å². The number of amides is 1. The van der Waals surface area contributed by atoms with E-state index in [2.05, 4.69) is 28.6 Å². The highest BCUT2D eigenvalue weighted by molar-refractivity contribution is 5.78. The van der Waals surface area contributed by atoms with E-state index in [9.17, 15) is 4.79 Å². The standard InChI is InChI=1S/C16H20N4O2/c1-22-10-15(21)19-8-2-3-13(19)16-14-7-6-12(11-4-5-11)9-20(14)18-17-16/h6-7,9,11,13H,2-5,8,10H2,1H3/t13-/m0/s1. The molecule has 4 rings (SSSR count). The highest BCUT2D eigenvalue weighted by Gasteiger charge is 2.33. The zero-order valence-corrected chi connectivity index (χ0v) is 12.7. The topological polar surface area (TPSA) is 59.7 Å². The van der Waals surface area contributed by atoms with Crippen molar-refractivity contribution in [2.45, 2.75) is 37.6 Å². The van der Waals surface area contributed by atoms with Crippen LogP contribution in [-0.4, -0.2) is 45.9 Å². The molecule has 6 heteroatoms. The van der Waals surface area contributed by atoms with Crippen LogP contribution < -0.4 is 0 Å². The first kappa shape index (κ1) is 13.7. The third-order valence-corrected chi connectivity index (χ3v) is 4.67. The molecule has 1 saturated heterocycles. The lowest BCUT2D eigenvalue weighted by Crippen LogP contribution is -2.33. The van der Waals surface area contributed by atoms with Crippen molar-refractivity contribution in [3.05, 3.63) is 29.6 Å². The van der Waals surface area contributed by atoms with Crippen molar-refractivity contribution in [3.63, 3.8) is 0 Å². The summed E-state index contributed by atoms with van der Waals surface area (Å²) in [5.41, 5.74) is 3.25. The summed E-state index contributed by atoms with van der Waals surface area (Å²) in [7, 11) is 1.55. The summed E-state index contributed by atoms with van der Waals surface area (Å²) in [6.45, 7) is 0.896. The summed E-state index contributed by atoms with van der Waals surface area (Å²) in [6, 6.07) is 4.29. The maximum Gasteiger partial charge on any atom is 0.249 e. The lowest BCUT2D eigenvalue weighted by atomic mass is 10.1. The number of ether oxygens (including phenoxy) is 1. The van der Waals surface area contributed by atoms with Gasteiger partial charge in [0.15, 0.2) is 0 Å². The van der Waals surface area contributed by atoms with Crippen LogP contribution in [0.3, 0.4) is 0 Å². The van der Waals surface area contributed by atoms with Gasteiger partial charge in [-0.25, -0.2) is 4.52 Å². The number of hydrogen-bond donors (Lipinski definition) is 0. The first-order valence-corrected chi connectivity index (χ1v) is 7.91. The largest absolute Gasteiger partial charge is 0.375 e. The summed E-state index contributed by atoms with van der Waals surface area (Å²) in [5.74, 6) is 0.726. The Bertz CT molecular complexity index is 707. The Hall–Kier alpha value is -1.95. The number of fused-ring (bicyclic) bond motifs is 1. The van der Waals surface area contributed by atoms with Gasteiger partial charge < -0.3 is 9.64 Å². The fourth-order valence-corrected chi connectivity index (χ4v) is 3.38. The fourth-order valence-electron chi connectivity index (χ4n) is 3.38. The van der Waals surface area contributed by atoms with E-state index in [0.29, 0.717) is 5.92 Å². The fraction of sp³-hybridized carbons (Fsp3) is 0.562. The average Bonchev–Trinajstić information content (AvgIpc) is 3.11. The van der Waals surface area contributed by atoms with Crippen molar-refractivity contribution in [1.29, 1.82) is 0 Å². The van der Waals surface area contributed by atoms with Gasteiger partial charge in [-0.2, -0.15) is 0 Å². The van der Waals surface area contributed by atoms with Crippen molar-refractivity contribution in [1.82, 2.24) is 19.7 Å². The molecule has 0 radical (unpaired) electrons. The molecule has 0 bridgehead atoms. The van der Waals surface area contributed by atoms with Crippen molar-refractivity contribution in [3.8, 4) is 0 Å². The molecule has 2 aromatic rings. The molecule has 0 spiro atoms. The second-order valence-electron chi connectivity index (χ2n) is 6.22. The summed E-state index contributed by atoms with van der Waals surface area (Å²) >= 11 is 0. The van der Waals surface area contributed by atoms with E-state index >= 15 is 0 Å². The molecule has 116 valence electrons. The number of aromatic nitrogens is 3. The first-order valence-electron chi connectivity index (χ1n) is 7.91. The Labute approximate surface area is 129 Å². The Morgan fingerprint density at radius 2 is 2.23 bits per heavy atom. The van der Waals surface area contributed by atoms with Gasteiger partial charge in [0, 0.05) is 19.9 Å². The molecule has 0 N–H and O–H groups in total. The Morgan fingerprint density at radius 1 is 1.36 bits per heavy atom. The molecule has 1 saturated carbocycles. The quantitative estimate of drug-likeness (QED) is 0.865. The lowest BCUT2D eigenvalue weighted by molar-refractivity contribution is -0.136. The van der Waals surface area contributed by atoms with Gasteiger partial charge in [0.1, 0.15) is 12.3 Å². The molecule has 6 nitrogen and oxygen atoms in total. The minimum atomic E-state index is 0.0203. The highest BCUT2D eigenvalue weighted by Crippen LogP contribution is 2.40. The van der Waals surface area contributed by atoms with Crippen molar-refractivity contribution < 1.29 is 9.53 Å². The van der Waals surface area contributed by atoms with Crippen LogP contribution in [-0.2, 0) is 9.53 Å². The van der Waals surface area contributed by atoms with E-state index in [1.54, 1.807) is 7.11 Å². The SMILES string of the molecule is COCC(=O)N1CCC[C@H]1c1nnn2cc(C3CC3)ccc12. The predicted molar refractivity (Wildman–Crippen MR) is 80.5 cm³/mol. The van der Waals surface area contributed by atoms with Gasteiger partial charge in [0.05, 0.1) is 11.6 Å². The number of rotatable bonds is 4. The molecular formula is C16H20N4O2. The van der Waals surface area contributed by atoms with Crippen molar-refractivity contribution in [2.75, 3.05) is 20.3 Å². The molecule has 2 aliphatic rings. The van der Waals surface area contributed by atoms with Gasteiger partial charge in [-0.1, -0.05) is 11.3 Å². The van der Waals surface area contributed by atoms with Gasteiger partial charge >= 0.3 is 0 Å². The third kappa shape index (κ3) is 2.27.